The molecule has 1 aromatic carbocycles. The highest BCUT2D eigenvalue weighted by molar-refractivity contribution is 7.92. The standard InChI is InChI=1S/C18H19N3O7S2/c1-12(17(22)13-3-6-15(7-4-13)19-29(2,24)25)28-18(23)14-5-8-16-20-30(26,27)10-9-21(16)11-14/h3-8,11-12,19H,9-10H2,1-2H3. The average molecular weight is 453 g/mol. The number of nitrogens with one attached hydrogen (secondary N) is 1. The normalized spacial score (nSPS) is 18.5. The van der Waals surface area contributed by atoms with Crippen LogP contribution in [0.4, 0.5) is 5.69 Å². The van der Waals surface area contributed by atoms with Crippen LogP contribution in [0, 0.1) is 0 Å². The Kier molecular flexibility index (Phi) is 5.81. The molecule has 10 nitrogen and oxygen atoms in total. The SMILES string of the molecule is CC(OC(=O)C1=CN2CCS(=O)(=O)N=C2C=C1)C(=O)c1ccc(NS(C)(=O)=O)cc1. The molecule has 0 amide bonds. The van der Waals surface area contributed by atoms with Gasteiger partial charge in [0.25, 0.3) is 10.0 Å². The van der Waals surface area contributed by atoms with E-state index in [0.717, 1.165) is 6.26 Å². The summed E-state index contributed by atoms with van der Waals surface area (Å²) < 4.78 is 56.7. The molecule has 2 aliphatic heterocycles. The molecule has 1 unspecified atom stereocenters. The maximum absolute atomic E-state index is 12.5. The van der Waals surface area contributed by atoms with Crippen molar-refractivity contribution < 1.29 is 31.2 Å². The third kappa shape index (κ3) is 5.33. The Morgan fingerprint density at radius 2 is 1.87 bits per heavy atom. The lowest BCUT2D eigenvalue weighted by molar-refractivity contribution is -0.141. The van der Waals surface area contributed by atoms with Crippen LogP contribution >= 0.6 is 0 Å². The van der Waals surface area contributed by atoms with Gasteiger partial charge in [-0.2, -0.15) is 0 Å². The zero-order chi connectivity index (χ0) is 22.1. The van der Waals surface area contributed by atoms with Gasteiger partial charge in [0.2, 0.25) is 15.8 Å². The first-order valence-electron chi connectivity index (χ1n) is 8.76. The molecule has 1 N–H and O–H groups in total. The zero-order valence-electron chi connectivity index (χ0n) is 16.1. The summed E-state index contributed by atoms with van der Waals surface area (Å²) in [6.07, 6.45) is 4.13. The van der Waals surface area contributed by atoms with Crippen LogP contribution in [0.3, 0.4) is 0 Å². The number of hydrogen-bond donors (Lipinski definition) is 1. The number of carbonyl (C=O) groups excluding carboxylic acids is 2. The summed E-state index contributed by atoms with van der Waals surface area (Å²) in [6, 6.07) is 5.72. The van der Waals surface area contributed by atoms with Crippen LogP contribution < -0.4 is 4.72 Å². The smallest absolute Gasteiger partial charge is 0.340 e. The fourth-order valence-electron chi connectivity index (χ4n) is 2.76. The molecule has 0 saturated heterocycles. The van der Waals surface area contributed by atoms with E-state index in [2.05, 4.69) is 9.12 Å². The molecular formula is C18H19N3O7S2. The third-order valence-corrected chi connectivity index (χ3v) is 5.96. The number of rotatable bonds is 6. The molecule has 1 atom stereocenters. The average Bonchev–Trinajstić information content (AvgIpc) is 2.65. The van der Waals surface area contributed by atoms with Crippen molar-refractivity contribution in [3.05, 3.63) is 53.8 Å². The van der Waals surface area contributed by atoms with Gasteiger partial charge in [0, 0.05) is 24.0 Å². The lowest BCUT2D eigenvalue weighted by Gasteiger charge is -2.27. The number of esters is 1. The van der Waals surface area contributed by atoms with E-state index in [1.165, 1.54) is 54.4 Å². The fourth-order valence-corrected chi connectivity index (χ4v) is 4.29. The number of fused-ring (bicyclic) bond motifs is 1. The summed E-state index contributed by atoms with van der Waals surface area (Å²) in [6.45, 7) is 1.58. The Balaban J connectivity index is 1.65. The highest BCUT2D eigenvalue weighted by atomic mass is 32.2. The fraction of sp³-hybridized carbons (Fsp3) is 0.278. The molecule has 12 heteroatoms. The summed E-state index contributed by atoms with van der Waals surface area (Å²) in [5.74, 6) is -1.15. The van der Waals surface area contributed by atoms with Crippen molar-refractivity contribution in [3.8, 4) is 0 Å². The maximum Gasteiger partial charge on any atom is 0.340 e. The van der Waals surface area contributed by atoms with Crippen LogP contribution in [-0.2, 0) is 29.6 Å². The van der Waals surface area contributed by atoms with Crippen LogP contribution in [-0.4, -0.2) is 64.0 Å². The van der Waals surface area contributed by atoms with Crippen molar-refractivity contribution in [2.24, 2.45) is 4.40 Å². The van der Waals surface area contributed by atoms with E-state index in [4.69, 9.17) is 4.74 Å². The van der Waals surface area contributed by atoms with E-state index in [1.54, 1.807) is 0 Å². The molecular weight excluding hydrogens is 434 g/mol. The van der Waals surface area contributed by atoms with Gasteiger partial charge in [0.05, 0.1) is 17.6 Å². The number of Topliss-reactive ketones (excluding diaryl/α,β-unsaturated/α-hetero) is 1. The molecule has 3 rings (SSSR count). The number of ether oxygens (including phenoxy) is 1. The predicted molar refractivity (Wildman–Crippen MR) is 110 cm³/mol. The molecule has 0 bridgehead atoms. The maximum atomic E-state index is 12.5. The van der Waals surface area contributed by atoms with Gasteiger partial charge in [0.15, 0.2) is 6.10 Å². The van der Waals surface area contributed by atoms with Crippen LogP contribution in [0.2, 0.25) is 0 Å². The van der Waals surface area contributed by atoms with Crippen LogP contribution in [0.5, 0.6) is 0 Å². The van der Waals surface area contributed by atoms with Crippen molar-refractivity contribution in [3.63, 3.8) is 0 Å². The predicted octanol–water partition coefficient (Wildman–Crippen LogP) is 0.670. The van der Waals surface area contributed by atoms with Gasteiger partial charge in [-0.05, 0) is 43.3 Å². The molecule has 1 aromatic rings. The third-order valence-electron chi connectivity index (χ3n) is 4.19. The number of sulfonamides is 2. The monoisotopic (exact) mass is 453 g/mol. The minimum Gasteiger partial charge on any atom is -0.451 e. The quantitative estimate of drug-likeness (QED) is 0.490. The van der Waals surface area contributed by atoms with Crippen LogP contribution in [0.25, 0.3) is 0 Å². The topological polar surface area (TPSA) is 139 Å². The molecule has 0 radical (unpaired) electrons. The summed E-state index contributed by atoms with van der Waals surface area (Å²) in [5, 5.41) is 0. The van der Waals surface area contributed by atoms with Gasteiger partial charge in [-0.25, -0.2) is 21.6 Å². The second kappa shape index (κ2) is 8.03. The molecule has 0 spiro atoms. The van der Waals surface area contributed by atoms with Gasteiger partial charge in [-0.3, -0.25) is 9.52 Å². The molecule has 2 aliphatic rings. The minimum absolute atomic E-state index is 0.153. The van der Waals surface area contributed by atoms with E-state index >= 15 is 0 Å². The summed E-state index contributed by atoms with van der Waals surface area (Å²) >= 11 is 0. The number of nitrogens with zero attached hydrogens (tertiary/aromatic N) is 2. The Labute approximate surface area is 174 Å². The number of benzene rings is 1. The number of ketones is 1. The Morgan fingerprint density at radius 1 is 1.20 bits per heavy atom. The van der Waals surface area contributed by atoms with E-state index < -0.39 is 37.9 Å². The first-order chi connectivity index (χ1) is 13.9. The van der Waals surface area contributed by atoms with Gasteiger partial charge in [-0.15, -0.1) is 4.40 Å². The van der Waals surface area contributed by atoms with Crippen molar-refractivity contribution in [2.45, 2.75) is 13.0 Å². The zero-order valence-corrected chi connectivity index (χ0v) is 17.7. The van der Waals surface area contributed by atoms with Crippen molar-refractivity contribution in [1.82, 2.24) is 4.90 Å². The summed E-state index contributed by atoms with van der Waals surface area (Å²) in [5.41, 5.74) is 0.705. The van der Waals surface area contributed by atoms with E-state index in [1.807, 2.05) is 0 Å². The molecule has 0 saturated carbocycles. The van der Waals surface area contributed by atoms with Gasteiger partial charge < -0.3 is 9.64 Å². The molecule has 0 aliphatic carbocycles. The number of carbonyl (C=O) groups is 2. The Morgan fingerprint density at radius 3 is 2.50 bits per heavy atom. The lowest BCUT2D eigenvalue weighted by atomic mass is 10.1. The van der Waals surface area contributed by atoms with Gasteiger partial charge in [0.1, 0.15) is 5.84 Å². The van der Waals surface area contributed by atoms with E-state index in [0.29, 0.717) is 5.69 Å². The van der Waals surface area contributed by atoms with Gasteiger partial charge in [-0.1, -0.05) is 0 Å². The van der Waals surface area contributed by atoms with Crippen molar-refractivity contribution >= 4 is 43.3 Å². The summed E-state index contributed by atoms with van der Waals surface area (Å²) in [7, 11) is -6.93. The molecule has 30 heavy (non-hydrogen) atoms. The second-order valence-corrected chi connectivity index (χ2v) is 10.2. The van der Waals surface area contributed by atoms with Crippen LogP contribution in [0.15, 0.2) is 52.6 Å². The van der Waals surface area contributed by atoms with E-state index in [-0.39, 0.29) is 29.3 Å². The highest BCUT2D eigenvalue weighted by Gasteiger charge is 2.27. The minimum atomic E-state index is -3.50. The number of hydrogen-bond acceptors (Lipinski definition) is 8. The second-order valence-electron chi connectivity index (χ2n) is 6.71. The molecule has 0 fully saturated rings. The largest absolute Gasteiger partial charge is 0.451 e. The number of amidine groups is 1. The Hall–Kier alpha value is -2.99. The Bertz CT molecular complexity index is 1180. The first kappa shape index (κ1) is 21.7. The van der Waals surface area contributed by atoms with Crippen molar-refractivity contribution in [2.75, 3.05) is 23.3 Å². The highest BCUT2D eigenvalue weighted by Crippen LogP contribution is 2.18. The molecule has 0 aromatic heterocycles. The summed E-state index contributed by atoms with van der Waals surface area (Å²) in [4.78, 5) is 26.4. The van der Waals surface area contributed by atoms with Gasteiger partial charge >= 0.3 is 5.97 Å². The molecule has 160 valence electrons. The van der Waals surface area contributed by atoms with Crippen molar-refractivity contribution in [1.29, 1.82) is 0 Å². The van der Waals surface area contributed by atoms with Crippen LogP contribution in [0.1, 0.15) is 17.3 Å². The lowest BCUT2D eigenvalue weighted by Crippen LogP contribution is -2.37. The molecule has 2 heterocycles. The first-order valence-corrected chi connectivity index (χ1v) is 12.3. The van der Waals surface area contributed by atoms with E-state index in [9.17, 15) is 26.4 Å². The number of anilines is 1.